The van der Waals surface area contributed by atoms with Crippen molar-refractivity contribution < 1.29 is 19.1 Å². The molecule has 150 valence electrons. The number of esters is 1. The Morgan fingerprint density at radius 3 is 2.46 bits per heavy atom. The molecule has 0 aliphatic carbocycles. The van der Waals surface area contributed by atoms with E-state index in [-0.39, 0.29) is 30.4 Å². The second-order valence-corrected chi connectivity index (χ2v) is 7.70. The molecule has 0 unspecified atom stereocenters. The van der Waals surface area contributed by atoms with Crippen LogP contribution in [-0.4, -0.2) is 42.8 Å². The van der Waals surface area contributed by atoms with E-state index >= 15 is 0 Å². The normalized spacial score (nSPS) is 10.8. The predicted octanol–water partition coefficient (Wildman–Crippen LogP) is 3.81. The molecule has 1 amide bonds. The van der Waals surface area contributed by atoms with Gasteiger partial charge in [0.25, 0.3) is 0 Å². The molecule has 2 aromatic rings. The second-order valence-electron chi connectivity index (χ2n) is 6.68. The molecule has 1 aromatic carbocycles. The molecular weight excluding hydrogens is 376 g/mol. The maximum Gasteiger partial charge on any atom is 0.341 e. The number of carbonyl (C=O) groups excluding carboxylic acids is 3. The van der Waals surface area contributed by atoms with Gasteiger partial charge in [0.05, 0.1) is 23.6 Å². The summed E-state index contributed by atoms with van der Waals surface area (Å²) in [7, 11) is 1.86. The van der Waals surface area contributed by atoms with Crippen molar-refractivity contribution in [1.29, 1.82) is 0 Å². The summed E-state index contributed by atoms with van der Waals surface area (Å²) in [5.74, 6) is -0.935. The number of benzene rings is 1. The van der Waals surface area contributed by atoms with Crippen LogP contribution in [0.2, 0.25) is 0 Å². The molecule has 0 fully saturated rings. The first-order valence-electron chi connectivity index (χ1n) is 9.08. The Morgan fingerprint density at radius 1 is 1.18 bits per heavy atom. The molecule has 2 rings (SSSR count). The average Bonchev–Trinajstić information content (AvgIpc) is 2.93. The maximum absolute atomic E-state index is 12.5. The number of aryl methyl sites for hydroxylation is 1. The lowest BCUT2D eigenvalue weighted by molar-refractivity contribution is -0.117. The Morgan fingerprint density at radius 2 is 1.86 bits per heavy atom. The first kappa shape index (κ1) is 21.8. The highest BCUT2D eigenvalue weighted by Gasteiger charge is 2.25. The van der Waals surface area contributed by atoms with Gasteiger partial charge in [0.2, 0.25) is 5.91 Å². The summed E-state index contributed by atoms with van der Waals surface area (Å²) in [6.07, 6.45) is 0. The number of amides is 1. The number of hydrogen-bond donors (Lipinski definition) is 1. The highest BCUT2D eigenvalue weighted by atomic mass is 32.1. The minimum Gasteiger partial charge on any atom is -0.462 e. The topological polar surface area (TPSA) is 75.7 Å². The first-order chi connectivity index (χ1) is 13.2. The van der Waals surface area contributed by atoms with E-state index in [0.29, 0.717) is 22.0 Å². The summed E-state index contributed by atoms with van der Waals surface area (Å²) < 4.78 is 5.09. The van der Waals surface area contributed by atoms with Crippen LogP contribution in [0.1, 0.15) is 50.6 Å². The zero-order valence-electron chi connectivity index (χ0n) is 16.9. The predicted molar refractivity (Wildman–Crippen MR) is 111 cm³/mol. The van der Waals surface area contributed by atoms with Crippen LogP contribution in [0.4, 0.5) is 5.00 Å². The molecule has 1 aromatic heterocycles. The van der Waals surface area contributed by atoms with Crippen LogP contribution in [0.15, 0.2) is 24.3 Å². The van der Waals surface area contributed by atoms with E-state index in [9.17, 15) is 14.4 Å². The van der Waals surface area contributed by atoms with Crippen molar-refractivity contribution >= 4 is 34.0 Å². The number of ketones is 1. The van der Waals surface area contributed by atoms with Gasteiger partial charge in [0, 0.05) is 6.54 Å². The Balaban J connectivity index is 2.14. The maximum atomic E-state index is 12.5. The van der Waals surface area contributed by atoms with Crippen LogP contribution >= 0.6 is 11.3 Å². The van der Waals surface area contributed by atoms with Crippen molar-refractivity contribution in [3.63, 3.8) is 0 Å². The molecule has 0 saturated heterocycles. The number of ether oxygens (including phenoxy) is 1. The van der Waals surface area contributed by atoms with Crippen molar-refractivity contribution in [1.82, 2.24) is 4.90 Å². The molecule has 0 bridgehead atoms. The summed E-state index contributed by atoms with van der Waals surface area (Å²) in [4.78, 5) is 39.0. The van der Waals surface area contributed by atoms with Crippen LogP contribution in [0, 0.1) is 13.8 Å². The fourth-order valence-corrected chi connectivity index (χ4v) is 4.04. The van der Waals surface area contributed by atoms with E-state index in [1.54, 1.807) is 13.8 Å². The van der Waals surface area contributed by atoms with Gasteiger partial charge in [0.1, 0.15) is 5.00 Å². The lowest BCUT2D eigenvalue weighted by Gasteiger charge is -2.17. The molecule has 0 saturated carbocycles. The number of Topliss-reactive ketones (excluding diaryl/α,β-unsaturated/α-hetero) is 1. The van der Waals surface area contributed by atoms with Crippen LogP contribution in [-0.2, 0) is 16.1 Å². The average molecular weight is 403 g/mol. The van der Waals surface area contributed by atoms with Gasteiger partial charge in [-0.1, -0.05) is 24.3 Å². The van der Waals surface area contributed by atoms with E-state index in [4.69, 9.17) is 4.74 Å². The van der Waals surface area contributed by atoms with Crippen LogP contribution in [0.3, 0.4) is 0 Å². The Labute approximate surface area is 169 Å². The zero-order valence-corrected chi connectivity index (χ0v) is 17.7. The van der Waals surface area contributed by atoms with Crippen molar-refractivity contribution in [2.45, 2.75) is 34.2 Å². The van der Waals surface area contributed by atoms with Gasteiger partial charge in [-0.15, -0.1) is 11.3 Å². The Bertz CT molecular complexity index is 889. The van der Waals surface area contributed by atoms with Crippen molar-refractivity contribution in [2.24, 2.45) is 0 Å². The van der Waals surface area contributed by atoms with E-state index < -0.39 is 5.97 Å². The smallest absolute Gasteiger partial charge is 0.341 e. The number of nitrogens with one attached hydrogen (secondary N) is 1. The number of nitrogens with zero attached hydrogens (tertiary/aromatic N) is 1. The third-order valence-corrected chi connectivity index (χ3v) is 5.62. The summed E-state index contributed by atoms with van der Waals surface area (Å²) in [5, 5.41) is 3.14. The minimum atomic E-state index is -0.535. The lowest BCUT2D eigenvalue weighted by atomic mass is 10.1. The third-order valence-electron chi connectivity index (χ3n) is 4.31. The fourth-order valence-electron chi connectivity index (χ4n) is 2.93. The summed E-state index contributed by atoms with van der Waals surface area (Å²) in [5.41, 5.74) is 3.11. The lowest BCUT2D eigenvalue weighted by Crippen LogP contribution is -2.30. The van der Waals surface area contributed by atoms with E-state index in [0.717, 1.165) is 16.9 Å². The summed E-state index contributed by atoms with van der Waals surface area (Å²) in [6.45, 7) is 7.89. The standard InChI is InChI=1S/C21H26N2O4S/c1-6-27-21(26)18-14(3)19(15(4)24)28-20(18)22-17(25)12-23(5)11-16-10-8-7-9-13(16)2/h7-10H,6,11-12H2,1-5H3,(H,22,25). The number of hydrogen-bond acceptors (Lipinski definition) is 6. The van der Waals surface area contributed by atoms with Crippen LogP contribution < -0.4 is 5.32 Å². The van der Waals surface area contributed by atoms with Gasteiger partial charge in [-0.05, 0) is 51.4 Å². The van der Waals surface area contributed by atoms with E-state index in [1.165, 1.54) is 12.5 Å². The van der Waals surface area contributed by atoms with Crippen LogP contribution in [0.25, 0.3) is 0 Å². The highest BCUT2D eigenvalue weighted by molar-refractivity contribution is 7.18. The van der Waals surface area contributed by atoms with Crippen molar-refractivity contribution in [3.05, 3.63) is 51.4 Å². The van der Waals surface area contributed by atoms with Gasteiger partial charge in [-0.3, -0.25) is 14.5 Å². The molecule has 0 aliphatic heterocycles. The van der Waals surface area contributed by atoms with Gasteiger partial charge in [-0.25, -0.2) is 4.79 Å². The SMILES string of the molecule is CCOC(=O)c1c(NC(=O)CN(C)Cc2ccccc2C)sc(C(C)=O)c1C. The van der Waals surface area contributed by atoms with Crippen molar-refractivity contribution in [2.75, 3.05) is 25.5 Å². The summed E-state index contributed by atoms with van der Waals surface area (Å²) in [6, 6.07) is 8.02. The Kier molecular flexibility index (Phi) is 7.48. The molecule has 7 heteroatoms. The zero-order chi connectivity index (χ0) is 20.8. The monoisotopic (exact) mass is 402 g/mol. The van der Waals surface area contributed by atoms with Gasteiger partial charge in [0.15, 0.2) is 5.78 Å². The molecule has 6 nitrogen and oxygen atoms in total. The van der Waals surface area contributed by atoms with E-state index in [2.05, 4.69) is 5.32 Å². The molecule has 0 spiro atoms. The third kappa shape index (κ3) is 5.27. The van der Waals surface area contributed by atoms with E-state index in [1.807, 2.05) is 43.1 Å². The number of anilines is 1. The van der Waals surface area contributed by atoms with Gasteiger partial charge < -0.3 is 10.1 Å². The van der Waals surface area contributed by atoms with Crippen molar-refractivity contribution in [3.8, 4) is 0 Å². The Hall–Kier alpha value is -2.51. The second kappa shape index (κ2) is 9.61. The number of rotatable bonds is 8. The largest absolute Gasteiger partial charge is 0.462 e. The number of carbonyl (C=O) groups is 3. The molecular formula is C21H26N2O4S. The van der Waals surface area contributed by atoms with Crippen LogP contribution in [0.5, 0.6) is 0 Å². The quantitative estimate of drug-likeness (QED) is 0.537. The first-order valence-corrected chi connectivity index (χ1v) is 9.90. The summed E-state index contributed by atoms with van der Waals surface area (Å²) >= 11 is 1.11. The van der Waals surface area contributed by atoms with Gasteiger partial charge in [-0.2, -0.15) is 0 Å². The minimum absolute atomic E-state index is 0.148. The molecule has 0 atom stereocenters. The number of likely N-dealkylation sites (N-methyl/N-ethyl adjacent to an activating group) is 1. The molecule has 0 aliphatic rings. The molecule has 1 N–H and O–H groups in total. The fraction of sp³-hybridized carbons (Fsp3) is 0.381. The molecule has 0 radical (unpaired) electrons. The molecule has 28 heavy (non-hydrogen) atoms. The van der Waals surface area contributed by atoms with Gasteiger partial charge >= 0.3 is 5.97 Å². The highest BCUT2D eigenvalue weighted by Crippen LogP contribution is 2.34. The molecule has 1 heterocycles. The number of thiophene rings is 1.